The fourth-order valence-electron chi connectivity index (χ4n) is 3.55. The number of aliphatic imine (C=N–C) groups is 1. The molecule has 2 saturated heterocycles. The minimum absolute atomic E-state index is 0. The van der Waals surface area contributed by atoms with Crippen LogP contribution in [0.3, 0.4) is 0 Å². The SMILES string of the molecule is I.NC(=NCc1ccc(N2CCOCC2)cc1C(F)(F)F)N1CCCCCC1. The van der Waals surface area contributed by atoms with E-state index in [-0.39, 0.29) is 36.1 Å². The van der Waals surface area contributed by atoms with Crippen molar-refractivity contribution in [1.29, 1.82) is 0 Å². The maximum Gasteiger partial charge on any atom is 0.416 e. The van der Waals surface area contributed by atoms with Crippen molar-refractivity contribution < 1.29 is 17.9 Å². The van der Waals surface area contributed by atoms with E-state index in [9.17, 15) is 13.2 Å². The van der Waals surface area contributed by atoms with Gasteiger partial charge in [0, 0.05) is 31.9 Å². The molecule has 0 spiro atoms. The van der Waals surface area contributed by atoms with Gasteiger partial charge >= 0.3 is 6.18 Å². The molecule has 1 aromatic carbocycles. The Morgan fingerprint density at radius 1 is 1.04 bits per heavy atom. The molecule has 0 amide bonds. The molecule has 0 radical (unpaired) electrons. The molecule has 0 aliphatic carbocycles. The lowest BCUT2D eigenvalue weighted by Gasteiger charge is -2.29. The normalized spacial score (nSPS) is 19.2. The van der Waals surface area contributed by atoms with Crippen LogP contribution in [0.2, 0.25) is 0 Å². The molecule has 2 aliphatic rings. The molecule has 9 heteroatoms. The number of ether oxygens (including phenoxy) is 1. The minimum Gasteiger partial charge on any atom is -0.378 e. The zero-order chi connectivity index (χ0) is 19.3. The monoisotopic (exact) mass is 512 g/mol. The maximum absolute atomic E-state index is 13.6. The smallest absolute Gasteiger partial charge is 0.378 e. The molecule has 3 rings (SSSR count). The number of hydrogen-bond donors (Lipinski definition) is 1. The Kier molecular flexibility index (Phi) is 8.66. The highest BCUT2D eigenvalue weighted by Gasteiger charge is 2.34. The number of hydrogen-bond acceptors (Lipinski definition) is 3. The minimum atomic E-state index is -4.43. The van der Waals surface area contributed by atoms with Crippen LogP contribution in [0.1, 0.15) is 36.8 Å². The summed E-state index contributed by atoms with van der Waals surface area (Å²) in [6, 6.07) is 4.47. The number of nitrogens with two attached hydrogens (primary N) is 1. The lowest BCUT2D eigenvalue weighted by molar-refractivity contribution is -0.138. The first-order valence-electron chi connectivity index (χ1n) is 9.53. The van der Waals surface area contributed by atoms with E-state index in [2.05, 4.69) is 4.99 Å². The summed E-state index contributed by atoms with van der Waals surface area (Å²) in [5, 5.41) is 0. The highest BCUT2D eigenvalue weighted by molar-refractivity contribution is 14.0. The molecule has 0 bridgehead atoms. The number of halogens is 4. The van der Waals surface area contributed by atoms with E-state index in [0.717, 1.165) is 38.8 Å². The fraction of sp³-hybridized carbons (Fsp3) is 0.632. The van der Waals surface area contributed by atoms with E-state index in [1.165, 1.54) is 12.1 Å². The summed E-state index contributed by atoms with van der Waals surface area (Å²) in [6.07, 6.45) is -0.0307. The number of guanidine groups is 1. The molecule has 158 valence electrons. The van der Waals surface area contributed by atoms with Crippen LogP contribution in [-0.2, 0) is 17.5 Å². The predicted octanol–water partition coefficient (Wildman–Crippen LogP) is 3.85. The summed E-state index contributed by atoms with van der Waals surface area (Å²) < 4.78 is 46.1. The van der Waals surface area contributed by atoms with E-state index in [1.54, 1.807) is 6.07 Å². The maximum atomic E-state index is 13.6. The summed E-state index contributed by atoms with van der Waals surface area (Å²) in [4.78, 5) is 8.15. The van der Waals surface area contributed by atoms with Crippen molar-refractivity contribution in [2.75, 3.05) is 44.3 Å². The second-order valence-corrected chi connectivity index (χ2v) is 7.01. The van der Waals surface area contributed by atoms with Crippen LogP contribution in [0.25, 0.3) is 0 Å². The molecular formula is C19H28F3IN4O. The predicted molar refractivity (Wildman–Crippen MR) is 115 cm³/mol. The van der Waals surface area contributed by atoms with Crippen LogP contribution >= 0.6 is 24.0 Å². The molecule has 2 aliphatic heterocycles. The summed E-state index contributed by atoms with van der Waals surface area (Å²) in [6.45, 7) is 3.81. The molecular weight excluding hydrogens is 484 g/mol. The number of nitrogens with zero attached hydrogens (tertiary/aromatic N) is 3. The third-order valence-electron chi connectivity index (χ3n) is 5.12. The van der Waals surface area contributed by atoms with Gasteiger partial charge in [-0.1, -0.05) is 18.9 Å². The van der Waals surface area contributed by atoms with E-state index < -0.39 is 11.7 Å². The molecule has 0 atom stereocenters. The highest BCUT2D eigenvalue weighted by Crippen LogP contribution is 2.35. The Balaban J connectivity index is 0.00000280. The third-order valence-corrected chi connectivity index (χ3v) is 5.12. The van der Waals surface area contributed by atoms with Gasteiger partial charge in [0.05, 0.1) is 25.3 Å². The van der Waals surface area contributed by atoms with Crippen LogP contribution in [-0.4, -0.2) is 50.3 Å². The summed E-state index contributed by atoms with van der Waals surface area (Å²) >= 11 is 0. The lowest BCUT2D eigenvalue weighted by Crippen LogP contribution is -2.38. The van der Waals surface area contributed by atoms with Gasteiger partial charge < -0.3 is 20.3 Å². The van der Waals surface area contributed by atoms with E-state index >= 15 is 0 Å². The van der Waals surface area contributed by atoms with E-state index in [4.69, 9.17) is 10.5 Å². The quantitative estimate of drug-likeness (QED) is 0.380. The molecule has 1 aromatic rings. The molecule has 2 fully saturated rings. The van der Waals surface area contributed by atoms with Crippen LogP contribution in [0.5, 0.6) is 0 Å². The van der Waals surface area contributed by atoms with Gasteiger partial charge in [-0.15, -0.1) is 24.0 Å². The zero-order valence-electron chi connectivity index (χ0n) is 15.9. The zero-order valence-corrected chi connectivity index (χ0v) is 18.2. The first-order valence-corrected chi connectivity index (χ1v) is 9.53. The third kappa shape index (κ3) is 6.13. The molecule has 0 unspecified atom stereocenters. The average Bonchev–Trinajstić information content (AvgIpc) is 2.95. The molecule has 2 heterocycles. The molecule has 28 heavy (non-hydrogen) atoms. The van der Waals surface area contributed by atoms with Crippen molar-refractivity contribution in [3.8, 4) is 0 Å². The van der Waals surface area contributed by atoms with Crippen LogP contribution in [0.4, 0.5) is 18.9 Å². The van der Waals surface area contributed by atoms with Gasteiger partial charge in [-0.2, -0.15) is 13.2 Å². The number of benzene rings is 1. The standard InChI is InChI=1S/C19H27F3N4O.HI/c20-19(21,22)17-13-16(25-9-11-27-12-10-25)6-5-15(17)14-24-18(23)26-7-3-1-2-4-8-26;/h5-6,13H,1-4,7-12,14H2,(H2,23,24);1H. The number of morpholine rings is 1. The molecule has 0 saturated carbocycles. The number of likely N-dealkylation sites (tertiary alicyclic amines) is 1. The van der Waals surface area contributed by atoms with E-state index in [0.29, 0.717) is 38.0 Å². The Bertz CT molecular complexity index is 655. The van der Waals surface area contributed by atoms with Crippen LogP contribution in [0.15, 0.2) is 23.2 Å². The Morgan fingerprint density at radius 3 is 2.29 bits per heavy atom. The lowest BCUT2D eigenvalue weighted by atomic mass is 10.1. The summed E-state index contributed by atoms with van der Waals surface area (Å²) in [5.41, 5.74) is 6.12. The number of rotatable bonds is 3. The van der Waals surface area contributed by atoms with Crippen molar-refractivity contribution in [1.82, 2.24) is 4.90 Å². The van der Waals surface area contributed by atoms with Crippen molar-refractivity contribution in [3.05, 3.63) is 29.3 Å². The van der Waals surface area contributed by atoms with Gasteiger partial charge in [-0.3, -0.25) is 0 Å². The second-order valence-electron chi connectivity index (χ2n) is 7.01. The van der Waals surface area contributed by atoms with Crippen LogP contribution in [0, 0.1) is 0 Å². The first-order chi connectivity index (χ1) is 12.9. The van der Waals surface area contributed by atoms with Gasteiger partial charge in [0.15, 0.2) is 5.96 Å². The highest BCUT2D eigenvalue weighted by atomic mass is 127. The van der Waals surface area contributed by atoms with Crippen molar-refractivity contribution in [2.45, 2.75) is 38.4 Å². The van der Waals surface area contributed by atoms with Gasteiger partial charge in [0.25, 0.3) is 0 Å². The second kappa shape index (κ2) is 10.5. The van der Waals surface area contributed by atoms with Gasteiger partial charge in [0.2, 0.25) is 0 Å². The number of anilines is 1. The van der Waals surface area contributed by atoms with Gasteiger partial charge in [0.1, 0.15) is 0 Å². The molecule has 0 aromatic heterocycles. The van der Waals surface area contributed by atoms with Crippen molar-refractivity contribution in [3.63, 3.8) is 0 Å². The van der Waals surface area contributed by atoms with Crippen molar-refractivity contribution in [2.24, 2.45) is 10.7 Å². The van der Waals surface area contributed by atoms with E-state index in [1.807, 2.05) is 9.80 Å². The Labute approximate surface area is 181 Å². The van der Waals surface area contributed by atoms with Gasteiger partial charge in [-0.05, 0) is 30.5 Å². The molecule has 5 nitrogen and oxygen atoms in total. The largest absolute Gasteiger partial charge is 0.416 e. The topological polar surface area (TPSA) is 54.1 Å². The fourth-order valence-corrected chi connectivity index (χ4v) is 3.55. The van der Waals surface area contributed by atoms with Crippen molar-refractivity contribution >= 4 is 35.6 Å². The summed E-state index contributed by atoms with van der Waals surface area (Å²) in [5.74, 6) is 0.335. The average molecular weight is 512 g/mol. The van der Waals surface area contributed by atoms with Gasteiger partial charge in [-0.25, -0.2) is 4.99 Å². The number of alkyl halides is 3. The first kappa shape index (κ1) is 23.1. The molecule has 2 N–H and O–H groups in total. The Morgan fingerprint density at radius 2 is 1.68 bits per heavy atom. The summed E-state index contributed by atoms with van der Waals surface area (Å²) in [7, 11) is 0. The Hall–Kier alpha value is -1.23. The van der Waals surface area contributed by atoms with Crippen LogP contribution < -0.4 is 10.6 Å².